The van der Waals surface area contributed by atoms with E-state index in [1.807, 2.05) is 42.5 Å². The summed E-state index contributed by atoms with van der Waals surface area (Å²) in [7, 11) is 0. The summed E-state index contributed by atoms with van der Waals surface area (Å²) in [5.74, 6) is 0.825. The van der Waals surface area contributed by atoms with E-state index in [1.165, 1.54) is 0 Å². The van der Waals surface area contributed by atoms with Crippen LogP contribution in [0, 0.1) is 0 Å². The Labute approximate surface area is 151 Å². The lowest BCUT2D eigenvalue weighted by Crippen LogP contribution is -1.96. The van der Waals surface area contributed by atoms with E-state index in [0.29, 0.717) is 28.3 Å². The zero-order chi connectivity index (χ0) is 17.9. The first kappa shape index (κ1) is 15.8. The van der Waals surface area contributed by atoms with Crippen molar-refractivity contribution in [3.05, 3.63) is 84.9 Å². The van der Waals surface area contributed by atoms with Crippen LogP contribution in [0.15, 0.2) is 84.9 Å². The van der Waals surface area contributed by atoms with E-state index in [1.54, 1.807) is 42.5 Å². The minimum absolute atomic E-state index is 0.147. The molecule has 1 heterocycles. The van der Waals surface area contributed by atoms with Crippen molar-refractivity contribution < 1.29 is 10.2 Å². The number of phenols is 2. The highest BCUT2D eigenvalue weighted by Crippen LogP contribution is 2.34. The lowest BCUT2D eigenvalue weighted by Gasteiger charge is -2.11. The minimum atomic E-state index is 0.147. The van der Waals surface area contributed by atoms with Crippen LogP contribution in [0.2, 0.25) is 0 Å². The van der Waals surface area contributed by atoms with E-state index in [-0.39, 0.29) is 11.5 Å². The van der Waals surface area contributed by atoms with Gasteiger partial charge >= 0.3 is 0 Å². The molecular weight excluding hydrogens is 324 g/mol. The molecule has 4 rings (SSSR count). The van der Waals surface area contributed by atoms with Gasteiger partial charge < -0.3 is 10.2 Å². The summed E-state index contributed by atoms with van der Waals surface area (Å²) in [6.07, 6.45) is 0. The molecule has 2 N–H and O–H groups in total. The SMILES string of the molecule is Oc1ccccc1-c1cc(-c2ccccc2O)nc(-c2ccccc2)n1. The molecule has 0 aliphatic heterocycles. The molecule has 0 fully saturated rings. The smallest absolute Gasteiger partial charge is 0.160 e. The summed E-state index contributed by atoms with van der Waals surface area (Å²) in [5, 5.41) is 20.5. The largest absolute Gasteiger partial charge is 0.507 e. The van der Waals surface area contributed by atoms with Crippen molar-refractivity contribution >= 4 is 0 Å². The normalized spacial score (nSPS) is 10.6. The third-order valence-electron chi connectivity index (χ3n) is 4.12. The Balaban J connectivity index is 1.97. The molecule has 126 valence electrons. The van der Waals surface area contributed by atoms with Crippen molar-refractivity contribution in [2.75, 3.05) is 0 Å². The standard InChI is InChI=1S/C22H16N2O2/c25-20-12-6-4-10-16(20)18-14-19(17-11-5-7-13-21(17)26)24-22(23-18)15-8-2-1-3-9-15/h1-14,25-26H. The highest BCUT2D eigenvalue weighted by atomic mass is 16.3. The van der Waals surface area contributed by atoms with Gasteiger partial charge in [0.25, 0.3) is 0 Å². The van der Waals surface area contributed by atoms with Crippen LogP contribution in [-0.2, 0) is 0 Å². The molecule has 4 aromatic rings. The second-order valence-electron chi connectivity index (χ2n) is 5.86. The van der Waals surface area contributed by atoms with Crippen LogP contribution in [0.25, 0.3) is 33.9 Å². The monoisotopic (exact) mass is 340 g/mol. The molecule has 3 aromatic carbocycles. The fraction of sp³-hybridized carbons (Fsp3) is 0. The van der Waals surface area contributed by atoms with Crippen molar-refractivity contribution in [1.29, 1.82) is 0 Å². The van der Waals surface area contributed by atoms with Gasteiger partial charge in [0.1, 0.15) is 11.5 Å². The number of rotatable bonds is 3. The Hall–Kier alpha value is -3.66. The van der Waals surface area contributed by atoms with Crippen molar-refractivity contribution in [2.45, 2.75) is 0 Å². The fourth-order valence-electron chi connectivity index (χ4n) is 2.82. The zero-order valence-electron chi connectivity index (χ0n) is 13.9. The molecule has 0 saturated carbocycles. The summed E-state index contributed by atoms with van der Waals surface area (Å²) in [4.78, 5) is 9.27. The van der Waals surface area contributed by atoms with E-state index in [9.17, 15) is 10.2 Å². The van der Waals surface area contributed by atoms with Gasteiger partial charge in [-0.25, -0.2) is 9.97 Å². The third-order valence-corrected chi connectivity index (χ3v) is 4.12. The molecule has 26 heavy (non-hydrogen) atoms. The van der Waals surface area contributed by atoms with Crippen LogP contribution in [0.4, 0.5) is 0 Å². The molecule has 0 radical (unpaired) electrons. The number of aromatic hydroxyl groups is 2. The Morgan fingerprint density at radius 2 is 1.00 bits per heavy atom. The molecule has 0 bridgehead atoms. The third kappa shape index (κ3) is 3.00. The van der Waals surface area contributed by atoms with Gasteiger partial charge in [0.05, 0.1) is 11.4 Å². The first-order valence-electron chi connectivity index (χ1n) is 8.23. The molecule has 0 unspecified atom stereocenters. The van der Waals surface area contributed by atoms with Crippen LogP contribution in [0.5, 0.6) is 11.5 Å². The highest BCUT2D eigenvalue weighted by molar-refractivity contribution is 5.76. The van der Waals surface area contributed by atoms with Crippen molar-refractivity contribution in [3.63, 3.8) is 0 Å². The average Bonchev–Trinajstić information content (AvgIpc) is 2.69. The van der Waals surface area contributed by atoms with Gasteiger partial charge in [0, 0.05) is 16.7 Å². The van der Waals surface area contributed by atoms with Gasteiger partial charge in [-0.05, 0) is 30.3 Å². The van der Waals surface area contributed by atoms with Crippen molar-refractivity contribution in [3.8, 4) is 45.4 Å². The molecule has 0 amide bonds. The molecule has 0 spiro atoms. The van der Waals surface area contributed by atoms with Gasteiger partial charge in [-0.2, -0.15) is 0 Å². The molecule has 0 aliphatic rings. The van der Waals surface area contributed by atoms with E-state index in [0.717, 1.165) is 5.56 Å². The average molecular weight is 340 g/mol. The summed E-state index contributed by atoms with van der Waals surface area (Å²) in [6, 6.07) is 25.5. The van der Waals surface area contributed by atoms with Crippen LogP contribution in [-0.4, -0.2) is 20.2 Å². The Bertz CT molecular complexity index is 999. The number of benzene rings is 3. The minimum Gasteiger partial charge on any atom is -0.507 e. The predicted octanol–water partition coefficient (Wildman–Crippen LogP) is 4.89. The first-order valence-corrected chi connectivity index (χ1v) is 8.23. The van der Waals surface area contributed by atoms with Gasteiger partial charge in [-0.1, -0.05) is 54.6 Å². The number of hydrogen-bond acceptors (Lipinski definition) is 4. The van der Waals surface area contributed by atoms with Gasteiger partial charge in [0.15, 0.2) is 5.82 Å². The number of para-hydroxylation sites is 2. The molecule has 4 heteroatoms. The van der Waals surface area contributed by atoms with E-state index < -0.39 is 0 Å². The number of nitrogens with zero attached hydrogens (tertiary/aromatic N) is 2. The van der Waals surface area contributed by atoms with E-state index in [4.69, 9.17) is 0 Å². The lowest BCUT2D eigenvalue weighted by atomic mass is 10.1. The highest BCUT2D eigenvalue weighted by Gasteiger charge is 2.14. The van der Waals surface area contributed by atoms with Crippen LogP contribution in [0.3, 0.4) is 0 Å². The predicted molar refractivity (Wildman–Crippen MR) is 102 cm³/mol. The second kappa shape index (κ2) is 6.69. The Morgan fingerprint density at radius 3 is 1.50 bits per heavy atom. The first-order chi connectivity index (χ1) is 12.7. The number of phenolic OH excluding ortho intramolecular Hbond substituents is 2. The summed E-state index contributed by atoms with van der Waals surface area (Å²) in [5.41, 5.74) is 3.28. The maximum atomic E-state index is 10.2. The zero-order valence-corrected chi connectivity index (χ0v) is 13.9. The van der Waals surface area contributed by atoms with E-state index in [2.05, 4.69) is 9.97 Å². The topological polar surface area (TPSA) is 66.2 Å². The van der Waals surface area contributed by atoms with Crippen LogP contribution >= 0.6 is 0 Å². The molecule has 0 atom stereocenters. The van der Waals surface area contributed by atoms with Crippen molar-refractivity contribution in [2.24, 2.45) is 0 Å². The van der Waals surface area contributed by atoms with Gasteiger partial charge in [-0.15, -0.1) is 0 Å². The second-order valence-corrected chi connectivity index (χ2v) is 5.86. The number of aromatic nitrogens is 2. The molecule has 4 nitrogen and oxygen atoms in total. The van der Waals surface area contributed by atoms with Crippen molar-refractivity contribution in [1.82, 2.24) is 9.97 Å². The quantitative estimate of drug-likeness (QED) is 0.557. The molecule has 0 aliphatic carbocycles. The number of hydrogen-bond donors (Lipinski definition) is 2. The molecule has 1 aromatic heterocycles. The fourth-order valence-corrected chi connectivity index (χ4v) is 2.82. The Kier molecular flexibility index (Phi) is 4.07. The maximum absolute atomic E-state index is 10.2. The maximum Gasteiger partial charge on any atom is 0.160 e. The molecule has 0 saturated heterocycles. The summed E-state index contributed by atoms with van der Waals surface area (Å²) in [6.45, 7) is 0. The Morgan fingerprint density at radius 1 is 0.538 bits per heavy atom. The summed E-state index contributed by atoms with van der Waals surface area (Å²) >= 11 is 0. The van der Waals surface area contributed by atoms with Crippen LogP contribution < -0.4 is 0 Å². The summed E-state index contributed by atoms with van der Waals surface area (Å²) < 4.78 is 0. The molecular formula is C22H16N2O2. The van der Waals surface area contributed by atoms with Gasteiger partial charge in [0.2, 0.25) is 0 Å². The van der Waals surface area contributed by atoms with Gasteiger partial charge in [-0.3, -0.25) is 0 Å². The van der Waals surface area contributed by atoms with Crippen LogP contribution in [0.1, 0.15) is 0 Å². The lowest BCUT2D eigenvalue weighted by molar-refractivity contribution is 0.477. The van der Waals surface area contributed by atoms with E-state index >= 15 is 0 Å².